The standard InChI is InChI=1S/C21H24N2O4/c1-21(2,12-14-4-7-16(26-3)8-5-14)22-11-10-15-6-9-17(24)19-20(15)27-13-18(25)23-19/h4-11,22,24H,12-13H2,1-3H3,(H,23,25). The Morgan fingerprint density at radius 1 is 1.26 bits per heavy atom. The molecule has 0 aromatic heterocycles. The molecule has 6 nitrogen and oxygen atoms in total. The number of carbonyl (C=O) groups excluding carboxylic acids is 1. The molecule has 142 valence electrons. The zero-order valence-corrected chi connectivity index (χ0v) is 15.7. The molecule has 0 fully saturated rings. The van der Waals surface area contributed by atoms with E-state index in [9.17, 15) is 9.90 Å². The van der Waals surface area contributed by atoms with Crippen molar-refractivity contribution in [1.82, 2.24) is 5.32 Å². The van der Waals surface area contributed by atoms with E-state index in [2.05, 4.69) is 36.6 Å². The van der Waals surface area contributed by atoms with Gasteiger partial charge in [0, 0.05) is 24.1 Å². The number of fused-ring (bicyclic) bond motifs is 1. The summed E-state index contributed by atoms with van der Waals surface area (Å²) >= 11 is 0. The Morgan fingerprint density at radius 2 is 2.00 bits per heavy atom. The summed E-state index contributed by atoms with van der Waals surface area (Å²) in [7, 11) is 1.66. The normalized spacial score (nSPS) is 13.5. The van der Waals surface area contributed by atoms with Gasteiger partial charge in [0.25, 0.3) is 5.91 Å². The number of rotatable bonds is 7. The Kier molecular flexibility index (Phi) is 5.56. The molecule has 1 aliphatic rings. The number of amides is 1. The molecule has 0 bridgehead atoms. The number of nitrogens with one attached hydrogen (secondary N) is 2. The van der Waals surface area contributed by atoms with Gasteiger partial charge in [-0.1, -0.05) is 18.2 Å². The number of anilines is 1. The number of phenols is 1. The predicted octanol–water partition coefficient (Wildman–Crippen LogP) is 3.06. The number of benzene rings is 2. The van der Waals surface area contributed by atoms with Crippen molar-refractivity contribution < 1.29 is 19.4 Å². The third-order valence-corrected chi connectivity index (χ3v) is 4.32. The Balaban J connectivity index is 1.60. The van der Waals surface area contributed by atoms with Crippen LogP contribution in [0.25, 0.3) is 0 Å². The van der Waals surface area contributed by atoms with Gasteiger partial charge >= 0.3 is 0 Å². The second-order valence-electron chi connectivity index (χ2n) is 7.10. The van der Waals surface area contributed by atoms with Gasteiger partial charge in [-0.2, -0.15) is 0 Å². The van der Waals surface area contributed by atoms with Crippen molar-refractivity contribution in [2.75, 3.05) is 19.0 Å². The average Bonchev–Trinajstić information content (AvgIpc) is 2.64. The van der Waals surface area contributed by atoms with E-state index in [1.807, 2.05) is 25.1 Å². The highest BCUT2D eigenvalue weighted by Crippen LogP contribution is 2.39. The first kappa shape index (κ1) is 19.0. The summed E-state index contributed by atoms with van der Waals surface area (Å²) in [6, 6.07) is 11.3. The van der Waals surface area contributed by atoms with Gasteiger partial charge in [0.2, 0.25) is 0 Å². The Hall–Kier alpha value is -2.73. The maximum atomic E-state index is 11.5. The maximum absolute atomic E-state index is 11.5. The summed E-state index contributed by atoms with van der Waals surface area (Å²) in [6.07, 6.45) is 2.70. The third kappa shape index (κ3) is 4.71. The maximum Gasteiger partial charge on any atom is 0.262 e. The van der Waals surface area contributed by atoms with Crippen LogP contribution in [0, 0.1) is 13.0 Å². The van der Waals surface area contributed by atoms with E-state index in [0.717, 1.165) is 17.7 Å². The van der Waals surface area contributed by atoms with Crippen LogP contribution >= 0.6 is 0 Å². The fourth-order valence-corrected chi connectivity index (χ4v) is 2.97. The Labute approximate surface area is 159 Å². The van der Waals surface area contributed by atoms with Gasteiger partial charge in [-0.25, -0.2) is 0 Å². The molecule has 27 heavy (non-hydrogen) atoms. The highest BCUT2D eigenvalue weighted by atomic mass is 16.5. The second kappa shape index (κ2) is 7.88. The van der Waals surface area contributed by atoms with Gasteiger partial charge in [0.05, 0.1) is 7.11 Å². The van der Waals surface area contributed by atoms with E-state index in [1.165, 1.54) is 11.6 Å². The summed E-state index contributed by atoms with van der Waals surface area (Å²) in [5, 5.41) is 15.9. The lowest BCUT2D eigenvalue weighted by atomic mass is 9.94. The van der Waals surface area contributed by atoms with Gasteiger partial charge in [-0.05, 0) is 44.0 Å². The highest BCUT2D eigenvalue weighted by molar-refractivity contribution is 5.97. The summed E-state index contributed by atoms with van der Waals surface area (Å²) < 4.78 is 10.7. The molecular formula is C21H24N2O4. The van der Waals surface area contributed by atoms with Crippen LogP contribution in [0.4, 0.5) is 5.69 Å². The van der Waals surface area contributed by atoms with Crippen LogP contribution in [-0.2, 0) is 11.2 Å². The first-order chi connectivity index (χ1) is 12.9. The molecular weight excluding hydrogens is 344 g/mol. The highest BCUT2D eigenvalue weighted by Gasteiger charge is 2.23. The van der Waals surface area contributed by atoms with Gasteiger partial charge in [-0.15, -0.1) is 0 Å². The quantitative estimate of drug-likeness (QED) is 0.655. The number of carbonyl (C=O) groups is 1. The molecule has 0 unspecified atom stereocenters. The lowest BCUT2D eigenvalue weighted by Gasteiger charge is -2.27. The van der Waals surface area contributed by atoms with E-state index in [0.29, 0.717) is 11.4 Å². The van der Waals surface area contributed by atoms with Crippen molar-refractivity contribution in [2.45, 2.75) is 25.8 Å². The number of hydrogen-bond acceptors (Lipinski definition) is 5. The second-order valence-corrected chi connectivity index (χ2v) is 7.10. The van der Waals surface area contributed by atoms with Crippen LogP contribution < -0.4 is 20.1 Å². The van der Waals surface area contributed by atoms with Gasteiger partial charge < -0.3 is 25.2 Å². The fourth-order valence-electron chi connectivity index (χ4n) is 2.97. The molecule has 2 aromatic carbocycles. The SMILES string of the molecule is COc1ccc(CC(C)(C)N[CH][CH]c2ccc(O)c3c2OCC(=O)N3)cc1. The molecule has 1 aliphatic heterocycles. The molecule has 1 amide bonds. The minimum atomic E-state index is -0.280. The van der Waals surface area contributed by atoms with E-state index in [4.69, 9.17) is 9.47 Å². The van der Waals surface area contributed by atoms with Crippen molar-refractivity contribution in [2.24, 2.45) is 0 Å². The minimum Gasteiger partial charge on any atom is -0.506 e. The van der Waals surface area contributed by atoms with E-state index >= 15 is 0 Å². The van der Waals surface area contributed by atoms with Crippen molar-refractivity contribution in [3.05, 3.63) is 60.5 Å². The monoisotopic (exact) mass is 368 g/mol. The van der Waals surface area contributed by atoms with Crippen LogP contribution in [-0.4, -0.2) is 30.3 Å². The summed E-state index contributed by atoms with van der Waals surface area (Å²) in [5.41, 5.74) is 2.12. The molecule has 0 spiro atoms. The largest absolute Gasteiger partial charge is 0.506 e. The first-order valence-corrected chi connectivity index (χ1v) is 8.74. The minimum absolute atomic E-state index is 0.0111. The van der Waals surface area contributed by atoms with Crippen LogP contribution in [0.1, 0.15) is 25.0 Å². The fraction of sp³-hybridized carbons (Fsp3) is 0.286. The Morgan fingerprint density at radius 3 is 2.70 bits per heavy atom. The van der Waals surface area contributed by atoms with Crippen LogP contribution in [0.5, 0.6) is 17.2 Å². The first-order valence-electron chi connectivity index (χ1n) is 8.74. The average molecular weight is 368 g/mol. The van der Waals surface area contributed by atoms with Crippen LogP contribution in [0.2, 0.25) is 0 Å². The molecule has 0 saturated heterocycles. The molecule has 0 saturated carbocycles. The molecule has 6 heteroatoms. The van der Waals surface area contributed by atoms with Gasteiger partial charge in [-0.3, -0.25) is 4.79 Å². The predicted molar refractivity (Wildman–Crippen MR) is 104 cm³/mol. The molecule has 0 atom stereocenters. The van der Waals surface area contributed by atoms with Gasteiger partial charge in [0.15, 0.2) is 12.4 Å². The lowest BCUT2D eigenvalue weighted by molar-refractivity contribution is -0.118. The summed E-state index contributed by atoms with van der Waals surface area (Å²) in [4.78, 5) is 11.5. The zero-order valence-electron chi connectivity index (χ0n) is 15.7. The summed E-state index contributed by atoms with van der Waals surface area (Å²) in [6.45, 7) is 6.03. The van der Waals surface area contributed by atoms with Crippen molar-refractivity contribution >= 4 is 11.6 Å². The summed E-state index contributed by atoms with van der Waals surface area (Å²) in [5.74, 6) is 1.02. The van der Waals surface area contributed by atoms with Crippen molar-refractivity contribution in [3.8, 4) is 17.2 Å². The molecule has 1 heterocycles. The molecule has 2 radical (unpaired) electrons. The number of methoxy groups -OCH3 is 1. The van der Waals surface area contributed by atoms with Crippen molar-refractivity contribution in [1.29, 1.82) is 0 Å². The van der Waals surface area contributed by atoms with Gasteiger partial charge in [0.1, 0.15) is 17.2 Å². The van der Waals surface area contributed by atoms with Crippen LogP contribution in [0.3, 0.4) is 0 Å². The lowest BCUT2D eigenvalue weighted by Crippen LogP contribution is -2.39. The topological polar surface area (TPSA) is 79.8 Å². The molecule has 3 rings (SSSR count). The molecule has 3 N–H and O–H groups in total. The van der Waals surface area contributed by atoms with E-state index in [1.54, 1.807) is 13.2 Å². The number of hydrogen-bond donors (Lipinski definition) is 3. The molecule has 0 aliphatic carbocycles. The van der Waals surface area contributed by atoms with Crippen LogP contribution in [0.15, 0.2) is 36.4 Å². The number of aromatic hydroxyl groups is 1. The smallest absolute Gasteiger partial charge is 0.262 e. The number of ether oxygens (including phenoxy) is 2. The third-order valence-electron chi connectivity index (χ3n) is 4.32. The Bertz CT molecular complexity index is 816. The van der Waals surface area contributed by atoms with E-state index < -0.39 is 0 Å². The van der Waals surface area contributed by atoms with E-state index in [-0.39, 0.29) is 23.8 Å². The van der Waals surface area contributed by atoms with Crippen molar-refractivity contribution in [3.63, 3.8) is 0 Å². The zero-order chi connectivity index (χ0) is 19.4. The number of phenolic OH excluding ortho intramolecular Hbond substituents is 1. The molecule has 2 aromatic rings.